The van der Waals surface area contributed by atoms with Gasteiger partial charge in [-0.3, -0.25) is 0 Å². The lowest BCUT2D eigenvalue weighted by molar-refractivity contribution is 0.462. The molecule has 0 N–H and O–H groups in total. The molecule has 0 aliphatic carbocycles. The summed E-state index contributed by atoms with van der Waals surface area (Å²) < 4.78 is 13.7. The monoisotopic (exact) mass is 660 g/mol. The largest absolute Gasteiger partial charge is 0.458 e. The summed E-state index contributed by atoms with van der Waals surface area (Å²) in [5.74, 6) is 5.18. The van der Waals surface area contributed by atoms with Crippen LogP contribution in [0.5, 0.6) is 23.0 Å². The highest BCUT2D eigenvalue weighted by Crippen LogP contribution is 2.49. The van der Waals surface area contributed by atoms with Gasteiger partial charge in [-0.2, -0.15) is 0 Å². The molecule has 1 fully saturated rings. The van der Waals surface area contributed by atoms with Crippen LogP contribution in [0.3, 0.4) is 0 Å². The Bertz CT molecular complexity index is 1890. The highest BCUT2D eigenvalue weighted by atomic mass is 16.5. The maximum atomic E-state index is 6.85. The fraction of sp³-hybridized carbons (Fsp3) is 0.333. The average molecular weight is 661 g/mol. The number of rotatable bonds is 7. The van der Waals surface area contributed by atoms with Crippen LogP contribution in [-0.4, -0.2) is 19.8 Å². The van der Waals surface area contributed by atoms with Crippen LogP contribution in [0.15, 0.2) is 97.1 Å². The molecule has 8 rings (SSSR count). The minimum absolute atomic E-state index is 0.0585. The average Bonchev–Trinajstić information content (AvgIpc) is 3.55. The van der Waals surface area contributed by atoms with Gasteiger partial charge in [0.05, 0.1) is 0 Å². The van der Waals surface area contributed by atoms with E-state index in [1.807, 2.05) is 0 Å². The molecule has 0 radical (unpaired) electrons. The van der Waals surface area contributed by atoms with Crippen molar-refractivity contribution in [1.82, 2.24) is 0 Å². The molecule has 4 nitrogen and oxygen atoms in total. The molecule has 1 saturated heterocycles. The van der Waals surface area contributed by atoms with Gasteiger partial charge in [-0.1, -0.05) is 128 Å². The molecule has 3 aliphatic rings. The molecule has 50 heavy (non-hydrogen) atoms. The van der Waals surface area contributed by atoms with Crippen molar-refractivity contribution in [3.8, 4) is 23.0 Å². The zero-order chi connectivity index (χ0) is 34.8. The summed E-state index contributed by atoms with van der Waals surface area (Å²) in [4.78, 5) is 5.40. The molecule has 5 heteroatoms. The minimum atomic E-state index is -0.0636. The highest BCUT2D eigenvalue weighted by Gasteiger charge is 2.43. The second kappa shape index (κ2) is 12.6. The quantitative estimate of drug-likeness (QED) is 0.159. The molecular formula is C45H49BN2O2. The Labute approximate surface area is 299 Å². The van der Waals surface area contributed by atoms with Gasteiger partial charge in [0.15, 0.2) is 0 Å². The van der Waals surface area contributed by atoms with Crippen molar-refractivity contribution in [2.45, 2.75) is 85.2 Å². The fourth-order valence-electron chi connectivity index (χ4n) is 8.71. The number of benzene rings is 5. The maximum Gasteiger partial charge on any atom is 0.260 e. The number of fused-ring (bicyclic) bond motifs is 4. The SMILES string of the molecule is CC(C)c1cccc(C(C)C)c1N1CCN(c2c(C(C)C)cccc2C(C)C)C1c1cc2c3c(c1)Oc1ccccc1B3c1ccccc1O2. The summed E-state index contributed by atoms with van der Waals surface area (Å²) in [5.41, 5.74) is 13.0. The molecule has 5 aromatic rings. The van der Waals surface area contributed by atoms with Gasteiger partial charge in [-0.25, -0.2) is 0 Å². The lowest BCUT2D eigenvalue weighted by Crippen LogP contribution is -2.57. The first-order valence-corrected chi connectivity index (χ1v) is 18.6. The van der Waals surface area contributed by atoms with Crippen LogP contribution in [0.4, 0.5) is 11.4 Å². The molecule has 3 heterocycles. The molecule has 0 amide bonds. The van der Waals surface area contributed by atoms with Crippen molar-refractivity contribution in [3.63, 3.8) is 0 Å². The summed E-state index contributed by atoms with van der Waals surface area (Å²) in [6.45, 7) is 20.5. The Kier molecular flexibility index (Phi) is 8.21. The predicted octanol–water partition coefficient (Wildman–Crippen LogP) is 9.93. The number of nitrogens with zero attached hydrogens (tertiary/aromatic N) is 2. The fourth-order valence-corrected chi connectivity index (χ4v) is 8.71. The maximum absolute atomic E-state index is 6.85. The van der Waals surface area contributed by atoms with Gasteiger partial charge in [-0.05, 0) is 81.1 Å². The minimum Gasteiger partial charge on any atom is -0.458 e. The molecule has 5 aromatic carbocycles. The van der Waals surface area contributed by atoms with Crippen LogP contribution in [0.25, 0.3) is 0 Å². The van der Waals surface area contributed by atoms with Crippen LogP contribution in [-0.2, 0) is 0 Å². The lowest BCUT2D eigenvalue weighted by Gasteiger charge is -2.40. The number of anilines is 2. The summed E-state index contributed by atoms with van der Waals surface area (Å²) in [5, 5.41) is 0. The van der Waals surface area contributed by atoms with E-state index in [1.165, 1.54) is 50.1 Å². The molecule has 0 unspecified atom stereocenters. The summed E-state index contributed by atoms with van der Waals surface area (Å²) in [6, 6.07) is 35.5. The van der Waals surface area contributed by atoms with Crippen LogP contribution in [0, 0.1) is 0 Å². The molecule has 254 valence electrons. The Morgan fingerprint density at radius 1 is 0.500 bits per heavy atom. The Morgan fingerprint density at radius 2 is 0.880 bits per heavy atom. The van der Waals surface area contributed by atoms with Crippen molar-refractivity contribution >= 4 is 34.5 Å². The van der Waals surface area contributed by atoms with E-state index in [0.29, 0.717) is 23.7 Å². The third kappa shape index (κ3) is 5.20. The summed E-state index contributed by atoms with van der Waals surface area (Å²) in [6.07, 6.45) is -0.0636. The number of hydrogen-bond donors (Lipinski definition) is 0. The third-order valence-electron chi connectivity index (χ3n) is 11.0. The Morgan fingerprint density at radius 3 is 1.26 bits per heavy atom. The molecular weight excluding hydrogens is 611 g/mol. The van der Waals surface area contributed by atoms with Gasteiger partial charge in [-0.15, -0.1) is 0 Å². The van der Waals surface area contributed by atoms with Crippen molar-refractivity contribution in [3.05, 3.63) is 125 Å². The number of ether oxygens (including phenoxy) is 2. The van der Waals surface area contributed by atoms with Crippen molar-refractivity contribution in [1.29, 1.82) is 0 Å². The molecule has 0 bridgehead atoms. The van der Waals surface area contributed by atoms with Crippen LogP contribution < -0.4 is 35.7 Å². The first-order chi connectivity index (χ1) is 24.1. The second-order valence-electron chi connectivity index (χ2n) is 15.6. The van der Waals surface area contributed by atoms with E-state index in [9.17, 15) is 0 Å². The first-order valence-electron chi connectivity index (χ1n) is 18.6. The summed E-state index contributed by atoms with van der Waals surface area (Å²) >= 11 is 0. The molecule has 0 spiro atoms. The van der Waals surface area contributed by atoms with Crippen LogP contribution >= 0.6 is 0 Å². The second-order valence-corrected chi connectivity index (χ2v) is 15.6. The Balaban J connectivity index is 1.39. The number of para-hydroxylation sites is 4. The van der Waals surface area contributed by atoms with Crippen LogP contribution in [0.1, 0.15) is 113 Å². The molecule has 0 aromatic heterocycles. The first kappa shape index (κ1) is 32.6. The molecule has 0 atom stereocenters. The van der Waals surface area contributed by atoms with Gasteiger partial charge >= 0.3 is 0 Å². The number of hydrogen-bond acceptors (Lipinski definition) is 4. The smallest absolute Gasteiger partial charge is 0.260 e. The van der Waals surface area contributed by atoms with Gasteiger partial charge in [0.1, 0.15) is 29.2 Å². The summed E-state index contributed by atoms with van der Waals surface area (Å²) in [7, 11) is 0. The van der Waals surface area contributed by atoms with Crippen molar-refractivity contribution < 1.29 is 9.47 Å². The zero-order valence-electron chi connectivity index (χ0n) is 30.8. The van der Waals surface area contributed by atoms with E-state index in [-0.39, 0.29) is 12.9 Å². The highest BCUT2D eigenvalue weighted by molar-refractivity contribution is 6.98. The molecule has 3 aliphatic heterocycles. The van der Waals surface area contributed by atoms with E-state index in [1.54, 1.807) is 0 Å². The van der Waals surface area contributed by atoms with E-state index in [0.717, 1.165) is 41.6 Å². The van der Waals surface area contributed by atoms with E-state index >= 15 is 0 Å². The van der Waals surface area contributed by atoms with E-state index in [4.69, 9.17) is 9.47 Å². The lowest BCUT2D eigenvalue weighted by atomic mass is 9.35. The van der Waals surface area contributed by atoms with E-state index in [2.05, 4.69) is 162 Å². The van der Waals surface area contributed by atoms with Gasteiger partial charge in [0.25, 0.3) is 6.71 Å². The van der Waals surface area contributed by atoms with E-state index < -0.39 is 0 Å². The van der Waals surface area contributed by atoms with Crippen LogP contribution in [0.2, 0.25) is 0 Å². The topological polar surface area (TPSA) is 24.9 Å². The zero-order valence-corrected chi connectivity index (χ0v) is 30.8. The normalized spacial score (nSPS) is 15.1. The standard InChI is InChI=1S/C45H49BN2O2/c1-27(2)32-15-13-16-33(28(3)4)43(32)47-23-24-48(44-34(29(5)6)17-14-18-35(44)30(7)8)45(47)31-25-40-42-41(26-31)50-39-22-12-10-20-37(39)46(42)36-19-9-11-21-38(36)49-40/h9-22,25-30,45H,23-24H2,1-8H3. The van der Waals surface area contributed by atoms with Crippen molar-refractivity contribution in [2.75, 3.05) is 22.9 Å². The van der Waals surface area contributed by atoms with Gasteiger partial charge < -0.3 is 19.3 Å². The molecule has 0 saturated carbocycles. The predicted molar refractivity (Wildman–Crippen MR) is 211 cm³/mol. The van der Waals surface area contributed by atoms with Gasteiger partial charge in [0.2, 0.25) is 0 Å². The third-order valence-corrected chi connectivity index (χ3v) is 11.0. The Hall–Kier alpha value is -4.64. The van der Waals surface area contributed by atoms with Crippen molar-refractivity contribution in [2.24, 2.45) is 0 Å². The van der Waals surface area contributed by atoms with Gasteiger partial charge in [0, 0.05) is 35.5 Å².